The molecule has 0 unspecified atom stereocenters. The van der Waals surface area contributed by atoms with Gasteiger partial charge in [-0.1, -0.05) is 18.2 Å². The zero-order chi connectivity index (χ0) is 10.7. The van der Waals surface area contributed by atoms with Gasteiger partial charge in [-0.05, 0) is 18.6 Å². The van der Waals surface area contributed by atoms with Gasteiger partial charge < -0.3 is 0 Å². The first-order valence-corrected chi connectivity index (χ1v) is 4.72. The summed E-state index contributed by atoms with van der Waals surface area (Å²) < 4.78 is 1.82. The zero-order valence-electron chi connectivity index (χ0n) is 8.55. The fraction of sp³-hybridized carbons (Fsp3) is 0.182. The molecule has 78 valence electrons. The third-order valence-electron chi connectivity index (χ3n) is 2.19. The maximum Gasteiger partial charge on any atom is 0.0950 e. The molecule has 4 heteroatoms. The number of aromatic nitrogens is 2. The van der Waals surface area contributed by atoms with Crippen LogP contribution in [0, 0.1) is 6.92 Å². The number of hydrogen-bond acceptors (Lipinski definition) is 3. The summed E-state index contributed by atoms with van der Waals surface area (Å²) >= 11 is 0. The van der Waals surface area contributed by atoms with Crippen LogP contribution in [-0.2, 0) is 11.4 Å². The molecule has 15 heavy (non-hydrogen) atoms. The second-order valence-electron chi connectivity index (χ2n) is 3.40. The molecule has 1 aromatic carbocycles. The molecule has 0 radical (unpaired) electrons. The van der Waals surface area contributed by atoms with Crippen molar-refractivity contribution in [3.05, 3.63) is 47.8 Å². The fourth-order valence-corrected chi connectivity index (χ4v) is 1.49. The molecule has 2 N–H and O–H groups in total. The molecule has 0 aliphatic carbocycles. The van der Waals surface area contributed by atoms with Crippen LogP contribution in [0.25, 0.3) is 5.69 Å². The van der Waals surface area contributed by atoms with Crippen molar-refractivity contribution in [3.8, 4) is 5.69 Å². The molecule has 1 aromatic heterocycles. The van der Waals surface area contributed by atoms with Crippen molar-refractivity contribution in [1.29, 1.82) is 0 Å². The van der Waals surface area contributed by atoms with Crippen LogP contribution in [0.5, 0.6) is 0 Å². The van der Waals surface area contributed by atoms with E-state index in [0.29, 0.717) is 6.61 Å². The van der Waals surface area contributed by atoms with Gasteiger partial charge in [-0.2, -0.15) is 5.10 Å². The Kier molecular flexibility index (Phi) is 2.80. The van der Waals surface area contributed by atoms with Gasteiger partial charge in [0, 0.05) is 11.8 Å². The third kappa shape index (κ3) is 2.06. The van der Waals surface area contributed by atoms with Crippen molar-refractivity contribution >= 4 is 0 Å². The van der Waals surface area contributed by atoms with E-state index in [1.807, 2.05) is 48.3 Å². The first-order valence-electron chi connectivity index (χ1n) is 4.72. The highest BCUT2D eigenvalue weighted by Gasteiger charge is 2.04. The first kappa shape index (κ1) is 9.89. The number of hydrogen-bond donors (Lipinski definition) is 1. The van der Waals surface area contributed by atoms with E-state index < -0.39 is 0 Å². The van der Waals surface area contributed by atoms with Crippen LogP contribution >= 0.6 is 0 Å². The van der Waals surface area contributed by atoms with E-state index in [4.69, 9.17) is 5.90 Å². The van der Waals surface area contributed by atoms with Gasteiger partial charge >= 0.3 is 0 Å². The Labute approximate surface area is 88.2 Å². The average molecular weight is 203 g/mol. The number of benzene rings is 1. The maximum atomic E-state index is 5.08. The minimum absolute atomic E-state index is 0.384. The summed E-state index contributed by atoms with van der Waals surface area (Å²) in [6.45, 7) is 2.39. The van der Waals surface area contributed by atoms with Crippen molar-refractivity contribution in [3.63, 3.8) is 0 Å². The zero-order valence-corrected chi connectivity index (χ0v) is 8.55. The van der Waals surface area contributed by atoms with E-state index in [2.05, 4.69) is 9.94 Å². The Morgan fingerprint density at radius 3 is 2.87 bits per heavy atom. The molecule has 0 saturated heterocycles. The quantitative estimate of drug-likeness (QED) is 0.770. The normalized spacial score (nSPS) is 10.5. The molecule has 0 saturated carbocycles. The van der Waals surface area contributed by atoms with Crippen LogP contribution in [0.3, 0.4) is 0 Å². The smallest absolute Gasteiger partial charge is 0.0950 e. The van der Waals surface area contributed by atoms with Gasteiger partial charge in [0.05, 0.1) is 18.5 Å². The SMILES string of the molecule is Cc1cnn(-c2ccccc2CON)c1. The number of nitrogens with two attached hydrogens (primary N) is 1. The minimum atomic E-state index is 0.384. The van der Waals surface area contributed by atoms with Crippen LogP contribution in [0.2, 0.25) is 0 Å². The van der Waals surface area contributed by atoms with Crippen LogP contribution in [-0.4, -0.2) is 9.78 Å². The maximum absolute atomic E-state index is 5.08. The van der Waals surface area contributed by atoms with Gasteiger partial charge in [0.25, 0.3) is 0 Å². The van der Waals surface area contributed by atoms with Crippen molar-refractivity contribution in [2.45, 2.75) is 13.5 Å². The topological polar surface area (TPSA) is 53.1 Å². The molecule has 0 fully saturated rings. The largest absolute Gasteiger partial charge is 0.300 e. The standard InChI is InChI=1S/C11H13N3O/c1-9-6-13-14(7-9)11-5-3-2-4-10(11)8-15-12/h2-7H,8,12H2,1H3. The second kappa shape index (κ2) is 4.25. The van der Waals surface area contributed by atoms with Crippen LogP contribution in [0.4, 0.5) is 0 Å². The Balaban J connectivity index is 2.42. The molecule has 1 heterocycles. The van der Waals surface area contributed by atoms with Gasteiger partial charge in [-0.25, -0.2) is 10.6 Å². The highest BCUT2D eigenvalue weighted by molar-refractivity contribution is 5.40. The second-order valence-corrected chi connectivity index (χ2v) is 3.40. The van der Waals surface area contributed by atoms with Crippen LogP contribution < -0.4 is 5.90 Å². The van der Waals surface area contributed by atoms with Crippen molar-refractivity contribution in [2.75, 3.05) is 0 Å². The van der Waals surface area contributed by atoms with Gasteiger partial charge in [-0.15, -0.1) is 0 Å². The lowest BCUT2D eigenvalue weighted by Gasteiger charge is -2.07. The fourth-order valence-electron chi connectivity index (χ4n) is 1.49. The van der Waals surface area contributed by atoms with E-state index in [-0.39, 0.29) is 0 Å². The van der Waals surface area contributed by atoms with Crippen LogP contribution in [0.1, 0.15) is 11.1 Å². The van der Waals surface area contributed by atoms with Gasteiger partial charge in [0.15, 0.2) is 0 Å². The predicted octanol–water partition coefficient (Wildman–Crippen LogP) is 1.57. The number of aryl methyl sites for hydroxylation is 1. The summed E-state index contributed by atoms with van der Waals surface area (Å²) in [5.41, 5.74) is 3.14. The summed E-state index contributed by atoms with van der Waals surface area (Å²) in [6, 6.07) is 7.88. The number of nitrogens with zero attached hydrogens (tertiary/aromatic N) is 2. The van der Waals surface area contributed by atoms with E-state index >= 15 is 0 Å². The summed E-state index contributed by atoms with van der Waals surface area (Å²) in [6.07, 6.45) is 3.79. The van der Waals surface area contributed by atoms with Crippen molar-refractivity contribution < 1.29 is 4.84 Å². The Morgan fingerprint density at radius 1 is 1.40 bits per heavy atom. The van der Waals surface area contributed by atoms with Crippen LogP contribution in [0.15, 0.2) is 36.7 Å². The number of para-hydroxylation sites is 1. The first-order chi connectivity index (χ1) is 7.31. The summed E-state index contributed by atoms with van der Waals surface area (Å²) in [7, 11) is 0. The highest BCUT2D eigenvalue weighted by Crippen LogP contribution is 2.14. The monoisotopic (exact) mass is 203 g/mol. The van der Waals surface area contributed by atoms with E-state index in [1.165, 1.54) is 0 Å². The number of rotatable bonds is 3. The summed E-state index contributed by atoms with van der Waals surface area (Å²) in [4.78, 5) is 4.66. The van der Waals surface area contributed by atoms with Crippen molar-refractivity contribution in [2.24, 2.45) is 5.90 Å². The third-order valence-corrected chi connectivity index (χ3v) is 2.19. The van der Waals surface area contributed by atoms with E-state index in [1.54, 1.807) is 0 Å². The van der Waals surface area contributed by atoms with E-state index in [9.17, 15) is 0 Å². The molecule has 2 aromatic rings. The lowest BCUT2D eigenvalue weighted by molar-refractivity contribution is 0.124. The molecule has 4 nitrogen and oxygen atoms in total. The molecule has 0 spiro atoms. The molecule has 0 aliphatic rings. The molecule has 0 aliphatic heterocycles. The van der Waals surface area contributed by atoms with Gasteiger partial charge in [0.2, 0.25) is 0 Å². The average Bonchev–Trinajstić information content (AvgIpc) is 2.66. The molecule has 0 bridgehead atoms. The lowest BCUT2D eigenvalue weighted by atomic mass is 10.2. The van der Waals surface area contributed by atoms with Gasteiger partial charge in [0.1, 0.15) is 0 Å². The summed E-state index contributed by atoms with van der Waals surface area (Å²) in [5.74, 6) is 5.08. The van der Waals surface area contributed by atoms with E-state index in [0.717, 1.165) is 16.8 Å². The van der Waals surface area contributed by atoms with Crippen molar-refractivity contribution in [1.82, 2.24) is 9.78 Å². The molecular formula is C11H13N3O. The predicted molar refractivity (Wildman–Crippen MR) is 57.3 cm³/mol. The molecule has 0 atom stereocenters. The Morgan fingerprint density at radius 2 is 2.20 bits per heavy atom. The van der Waals surface area contributed by atoms with Gasteiger partial charge in [-0.3, -0.25) is 4.84 Å². The molecule has 0 amide bonds. The highest BCUT2D eigenvalue weighted by atomic mass is 16.6. The Bertz CT molecular complexity index is 451. The lowest BCUT2D eigenvalue weighted by Crippen LogP contribution is -2.04. The Hall–Kier alpha value is -1.65. The summed E-state index contributed by atoms with van der Waals surface area (Å²) in [5, 5.41) is 4.25. The molecular weight excluding hydrogens is 190 g/mol. The minimum Gasteiger partial charge on any atom is -0.300 e. The molecule has 2 rings (SSSR count).